The SMILES string of the molecule is O=C(Nc1ccc(C(=O)N=C2C=C(S(=O)(=O)O)c3cc(O)ccc3C2)cc1)Nc1ccc(C(=O)N=C2C=C(S(=O)(=O)O)c3cc(O)ccc3C2)cc1. The highest BCUT2D eigenvalue weighted by molar-refractivity contribution is 7.95. The zero-order valence-electron chi connectivity index (χ0n) is 26.5. The minimum Gasteiger partial charge on any atom is -0.508 e. The molecule has 6 rings (SSSR count). The number of aromatic hydroxyl groups is 2. The number of nitrogens with zero attached hydrogens (tertiary/aromatic N) is 2. The first kappa shape index (κ1) is 35.6. The second-order valence-electron chi connectivity index (χ2n) is 11.6. The maximum absolute atomic E-state index is 12.9. The van der Waals surface area contributed by atoms with Gasteiger partial charge >= 0.3 is 6.03 Å². The summed E-state index contributed by atoms with van der Waals surface area (Å²) < 4.78 is 67.2. The largest absolute Gasteiger partial charge is 0.508 e. The molecule has 0 saturated heterocycles. The number of amides is 4. The lowest BCUT2D eigenvalue weighted by atomic mass is 9.95. The van der Waals surface area contributed by atoms with Crippen molar-refractivity contribution in [1.82, 2.24) is 0 Å². The van der Waals surface area contributed by atoms with Gasteiger partial charge in [-0.2, -0.15) is 16.8 Å². The number of benzene rings is 4. The number of anilines is 2. The van der Waals surface area contributed by atoms with Crippen LogP contribution in [-0.2, 0) is 33.1 Å². The molecule has 0 atom stereocenters. The van der Waals surface area contributed by atoms with Crippen molar-refractivity contribution in [3.05, 3.63) is 130 Å². The van der Waals surface area contributed by atoms with E-state index in [0.29, 0.717) is 22.5 Å². The van der Waals surface area contributed by atoms with Crippen LogP contribution in [0.25, 0.3) is 9.81 Å². The average molecular weight is 743 g/mol. The predicted molar refractivity (Wildman–Crippen MR) is 192 cm³/mol. The molecular formula is C35H26N4O11S2. The van der Waals surface area contributed by atoms with Crippen LogP contribution in [0.2, 0.25) is 0 Å². The Morgan fingerprint density at radius 3 is 1.27 bits per heavy atom. The maximum atomic E-state index is 12.9. The number of carbonyl (C=O) groups is 3. The highest BCUT2D eigenvalue weighted by atomic mass is 32.2. The van der Waals surface area contributed by atoms with E-state index < -0.39 is 47.9 Å². The Morgan fingerprint density at radius 2 is 0.923 bits per heavy atom. The Morgan fingerprint density at radius 1 is 0.558 bits per heavy atom. The second kappa shape index (κ2) is 13.8. The lowest BCUT2D eigenvalue weighted by Crippen LogP contribution is -2.19. The Labute approximate surface area is 295 Å². The third kappa shape index (κ3) is 8.03. The molecule has 0 saturated carbocycles. The van der Waals surface area contributed by atoms with Crippen LogP contribution in [0, 0.1) is 0 Å². The molecule has 0 fully saturated rings. The first-order valence-electron chi connectivity index (χ1n) is 15.1. The van der Waals surface area contributed by atoms with E-state index in [0.717, 1.165) is 12.2 Å². The summed E-state index contributed by atoms with van der Waals surface area (Å²) in [5.41, 5.74) is 2.09. The van der Waals surface area contributed by atoms with E-state index in [1.165, 1.54) is 84.9 Å². The monoisotopic (exact) mass is 742 g/mol. The summed E-state index contributed by atoms with van der Waals surface area (Å²) in [4.78, 5) is 45.4. The van der Waals surface area contributed by atoms with Crippen LogP contribution in [-0.4, -0.2) is 65.4 Å². The molecule has 0 aliphatic heterocycles. The lowest BCUT2D eigenvalue weighted by molar-refractivity contribution is 0.0994. The molecule has 17 heteroatoms. The second-order valence-corrected chi connectivity index (χ2v) is 14.3. The Hall–Kier alpha value is -6.27. The Bertz CT molecular complexity index is 2350. The fourth-order valence-corrected chi connectivity index (χ4v) is 7.00. The van der Waals surface area contributed by atoms with Crippen molar-refractivity contribution in [2.75, 3.05) is 10.6 Å². The summed E-state index contributed by atoms with van der Waals surface area (Å²) in [5.74, 6) is -1.81. The van der Waals surface area contributed by atoms with Crippen LogP contribution in [0.5, 0.6) is 11.5 Å². The number of hydrogen-bond donors (Lipinski definition) is 6. The summed E-state index contributed by atoms with van der Waals surface area (Å²) in [7, 11) is -9.39. The molecule has 0 bridgehead atoms. The average Bonchev–Trinajstić information content (AvgIpc) is 3.07. The number of phenolic OH excluding ortho intramolecular Hbond substituents is 2. The number of rotatable bonds is 6. The zero-order chi connectivity index (χ0) is 37.4. The molecule has 0 aromatic heterocycles. The van der Waals surface area contributed by atoms with E-state index in [1.54, 1.807) is 0 Å². The summed E-state index contributed by atoms with van der Waals surface area (Å²) in [5, 5.41) is 24.7. The van der Waals surface area contributed by atoms with E-state index in [1.807, 2.05) is 0 Å². The molecule has 0 radical (unpaired) electrons. The van der Waals surface area contributed by atoms with E-state index in [2.05, 4.69) is 20.6 Å². The molecular weight excluding hydrogens is 717 g/mol. The van der Waals surface area contributed by atoms with Crippen LogP contribution < -0.4 is 10.6 Å². The van der Waals surface area contributed by atoms with E-state index in [4.69, 9.17) is 0 Å². The van der Waals surface area contributed by atoms with Crippen LogP contribution >= 0.6 is 0 Å². The summed E-state index contributed by atoms with van der Waals surface area (Å²) >= 11 is 0. The van der Waals surface area contributed by atoms with Crippen molar-refractivity contribution in [2.45, 2.75) is 12.8 Å². The normalized spacial score (nSPS) is 15.6. The molecule has 0 spiro atoms. The molecule has 15 nitrogen and oxygen atoms in total. The first-order chi connectivity index (χ1) is 24.5. The Kier molecular flexibility index (Phi) is 9.44. The van der Waals surface area contributed by atoms with Gasteiger partial charge in [-0.3, -0.25) is 18.7 Å². The van der Waals surface area contributed by atoms with Gasteiger partial charge in [-0.1, -0.05) is 12.1 Å². The van der Waals surface area contributed by atoms with Crippen molar-refractivity contribution in [1.29, 1.82) is 0 Å². The molecule has 52 heavy (non-hydrogen) atoms. The smallest absolute Gasteiger partial charge is 0.323 e. The summed E-state index contributed by atoms with van der Waals surface area (Å²) in [6.07, 6.45) is 2.27. The Balaban J connectivity index is 1.08. The highest BCUT2D eigenvalue weighted by Crippen LogP contribution is 2.33. The van der Waals surface area contributed by atoms with Gasteiger partial charge in [0.25, 0.3) is 32.1 Å². The summed E-state index contributed by atoms with van der Waals surface area (Å²) in [6.45, 7) is 0. The minimum atomic E-state index is -4.70. The van der Waals surface area contributed by atoms with Crippen molar-refractivity contribution in [3.8, 4) is 11.5 Å². The molecule has 4 amide bonds. The fraction of sp³-hybridized carbons (Fsp3) is 0.0571. The van der Waals surface area contributed by atoms with Gasteiger partial charge < -0.3 is 20.8 Å². The highest BCUT2D eigenvalue weighted by Gasteiger charge is 2.27. The van der Waals surface area contributed by atoms with Crippen molar-refractivity contribution < 1.29 is 50.5 Å². The number of nitrogens with one attached hydrogen (secondary N) is 2. The number of urea groups is 1. The van der Waals surface area contributed by atoms with E-state index in [-0.39, 0.29) is 58.0 Å². The number of allylic oxidation sites excluding steroid dienone is 2. The molecule has 0 unspecified atom stereocenters. The van der Waals surface area contributed by atoms with E-state index in [9.17, 15) is 50.5 Å². The standard InChI is InChI=1S/C35H26N4O11S2/c40-27-11-5-21-13-25(15-31(29(21)17-27)51(45,46)47)36-33(42)19-1-7-23(8-2-19)38-35(44)39-24-9-3-20(4-10-24)34(43)37-26-14-22-6-12-28(41)18-30(22)32(16-26)52(48,49)50/h1-12,15-18,40-41H,13-14H2,(H2,38,39,44)(H,45,46,47)(H,48,49,50). The van der Waals surface area contributed by atoms with Crippen molar-refractivity contribution in [3.63, 3.8) is 0 Å². The van der Waals surface area contributed by atoms with Crippen molar-refractivity contribution >= 4 is 70.7 Å². The van der Waals surface area contributed by atoms with Gasteiger partial charge in [0.2, 0.25) is 0 Å². The third-order valence-electron chi connectivity index (χ3n) is 7.88. The van der Waals surface area contributed by atoms with Crippen LogP contribution in [0.1, 0.15) is 43.0 Å². The summed E-state index contributed by atoms with van der Waals surface area (Å²) in [6, 6.07) is 18.7. The molecule has 4 aromatic rings. The van der Waals surface area contributed by atoms with Gasteiger partial charge in [0.1, 0.15) is 21.3 Å². The zero-order valence-corrected chi connectivity index (χ0v) is 28.1. The fourth-order valence-electron chi connectivity index (χ4n) is 5.49. The first-order valence-corrected chi connectivity index (χ1v) is 18.0. The molecule has 264 valence electrons. The molecule has 0 heterocycles. The van der Waals surface area contributed by atoms with Gasteiger partial charge in [0.05, 0.1) is 11.4 Å². The van der Waals surface area contributed by atoms with Crippen LogP contribution in [0.15, 0.2) is 107 Å². The van der Waals surface area contributed by atoms with Gasteiger partial charge in [-0.15, -0.1) is 0 Å². The van der Waals surface area contributed by atoms with Gasteiger partial charge in [-0.05, 0) is 96.1 Å². The van der Waals surface area contributed by atoms with Gasteiger partial charge in [-0.25, -0.2) is 14.8 Å². The maximum Gasteiger partial charge on any atom is 0.323 e. The molecule has 6 N–H and O–H groups in total. The van der Waals surface area contributed by atoms with E-state index >= 15 is 0 Å². The van der Waals surface area contributed by atoms with Crippen LogP contribution in [0.3, 0.4) is 0 Å². The number of carbonyl (C=O) groups excluding carboxylic acids is 3. The number of phenols is 2. The quantitative estimate of drug-likeness (QED) is 0.145. The predicted octanol–water partition coefficient (Wildman–Crippen LogP) is 4.87. The molecule has 2 aliphatic carbocycles. The lowest BCUT2D eigenvalue weighted by Gasteiger charge is -2.17. The third-order valence-corrected chi connectivity index (χ3v) is 9.67. The minimum absolute atomic E-state index is 0.0700. The molecule has 4 aromatic carbocycles. The topological polar surface area (TPSA) is 249 Å². The van der Waals surface area contributed by atoms with Crippen LogP contribution in [0.4, 0.5) is 16.2 Å². The van der Waals surface area contributed by atoms with Crippen molar-refractivity contribution in [2.24, 2.45) is 9.98 Å². The van der Waals surface area contributed by atoms with Gasteiger partial charge in [0, 0.05) is 46.5 Å². The number of aliphatic imine (C=N–C) groups is 2. The number of fused-ring (bicyclic) bond motifs is 2. The van der Waals surface area contributed by atoms with Gasteiger partial charge in [0.15, 0.2) is 0 Å². The molecule has 2 aliphatic rings. The number of hydrogen-bond acceptors (Lipinski definition) is 9.